The number of carbonyl (C=O) groups excluding carboxylic acids is 1. The van der Waals surface area contributed by atoms with E-state index in [2.05, 4.69) is 30.3 Å². The molecule has 5 rings (SSSR count). The fraction of sp³-hybridized carbons (Fsp3) is 0.320. The molecule has 1 aliphatic carbocycles. The average Bonchev–Trinajstić information content (AvgIpc) is 3.14. The van der Waals surface area contributed by atoms with Crippen molar-refractivity contribution in [2.75, 3.05) is 0 Å². The molecule has 0 bridgehead atoms. The van der Waals surface area contributed by atoms with Crippen LogP contribution in [0, 0.1) is 0 Å². The van der Waals surface area contributed by atoms with Crippen LogP contribution in [0.1, 0.15) is 47.5 Å². The Labute approximate surface area is 184 Å². The molecule has 1 amide bonds. The van der Waals surface area contributed by atoms with Crippen molar-refractivity contribution in [3.8, 4) is 0 Å². The Morgan fingerprint density at radius 2 is 1.90 bits per heavy atom. The first-order valence-corrected chi connectivity index (χ1v) is 11.7. The zero-order chi connectivity index (χ0) is 21.4. The van der Waals surface area contributed by atoms with Gasteiger partial charge in [-0.1, -0.05) is 42.5 Å². The number of thiophene rings is 1. The van der Waals surface area contributed by atoms with E-state index < -0.39 is 0 Å². The van der Waals surface area contributed by atoms with Crippen molar-refractivity contribution in [3.63, 3.8) is 0 Å². The third-order valence-electron chi connectivity index (χ3n) is 6.19. The van der Waals surface area contributed by atoms with Gasteiger partial charge in [0.15, 0.2) is 0 Å². The van der Waals surface area contributed by atoms with Crippen LogP contribution in [-0.4, -0.2) is 15.5 Å². The van der Waals surface area contributed by atoms with Gasteiger partial charge in [-0.05, 0) is 54.0 Å². The lowest BCUT2D eigenvalue weighted by Crippen LogP contribution is -2.26. The lowest BCUT2D eigenvalue weighted by Gasteiger charge is -2.14. The van der Waals surface area contributed by atoms with Gasteiger partial charge in [-0.15, -0.1) is 11.3 Å². The molecule has 158 valence electrons. The van der Waals surface area contributed by atoms with E-state index in [1.54, 1.807) is 15.9 Å². The molecule has 0 fully saturated rings. The monoisotopic (exact) mass is 431 g/mol. The van der Waals surface area contributed by atoms with Crippen molar-refractivity contribution in [3.05, 3.63) is 74.6 Å². The Morgan fingerprint density at radius 3 is 2.77 bits per heavy atom. The first kappa shape index (κ1) is 19.9. The van der Waals surface area contributed by atoms with Crippen molar-refractivity contribution >= 4 is 38.2 Å². The molecule has 0 unspecified atom stereocenters. The molecule has 0 spiro atoms. The summed E-state index contributed by atoms with van der Waals surface area (Å²) in [6.45, 7) is 0.454. The van der Waals surface area contributed by atoms with Crippen molar-refractivity contribution in [2.45, 2.75) is 51.5 Å². The Bertz CT molecular complexity index is 1350. The van der Waals surface area contributed by atoms with Crippen molar-refractivity contribution < 1.29 is 4.79 Å². The maximum absolute atomic E-state index is 13.6. The summed E-state index contributed by atoms with van der Waals surface area (Å²) < 4.78 is 1.79. The highest BCUT2D eigenvalue weighted by Crippen LogP contribution is 2.34. The summed E-state index contributed by atoms with van der Waals surface area (Å²) in [4.78, 5) is 32.1. The van der Waals surface area contributed by atoms with Crippen LogP contribution in [0.4, 0.5) is 0 Å². The number of benzene rings is 2. The quantitative estimate of drug-likeness (QED) is 0.493. The average molecular weight is 432 g/mol. The van der Waals surface area contributed by atoms with Crippen LogP contribution >= 0.6 is 11.3 Å². The topological polar surface area (TPSA) is 78.0 Å². The highest BCUT2D eigenvalue weighted by molar-refractivity contribution is 7.18. The van der Waals surface area contributed by atoms with Crippen LogP contribution in [0.2, 0.25) is 0 Å². The largest absolute Gasteiger partial charge is 0.370 e. The summed E-state index contributed by atoms with van der Waals surface area (Å²) in [5, 5.41) is 3.14. The molecule has 2 heterocycles. The predicted molar refractivity (Wildman–Crippen MR) is 126 cm³/mol. The van der Waals surface area contributed by atoms with Gasteiger partial charge in [0.1, 0.15) is 10.7 Å². The molecule has 1 aliphatic rings. The Morgan fingerprint density at radius 1 is 1.10 bits per heavy atom. The van der Waals surface area contributed by atoms with E-state index in [1.807, 2.05) is 12.1 Å². The Kier molecular flexibility index (Phi) is 5.32. The number of rotatable bonds is 6. The zero-order valence-electron chi connectivity index (χ0n) is 17.4. The lowest BCUT2D eigenvalue weighted by molar-refractivity contribution is -0.118. The summed E-state index contributed by atoms with van der Waals surface area (Å²) in [7, 11) is 0. The number of hydrogen-bond donors (Lipinski definition) is 1. The van der Waals surface area contributed by atoms with Crippen LogP contribution in [0.25, 0.3) is 21.0 Å². The summed E-state index contributed by atoms with van der Waals surface area (Å²) >= 11 is 1.68. The van der Waals surface area contributed by atoms with E-state index in [-0.39, 0.29) is 17.9 Å². The highest BCUT2D eigenvalue weighted by atomic mass is 32.1. The molecule has 0 radical (unpaired) electrons. The minimum Gasteiger partial charge on any atom is -0.370 e. The number of aromatic nitrogens is 2. The number of hydrogen-bond acceptors (Lipinski definition) is 4. The SMILES string of the molecule is NC(=O)CCCn1c(Cc2cccc3ccccc23)nc2sc3c(c2c1=O)CCCC3. The van der Waals surface area contributed by atoms with Gasteiger partial charge in [0.2, 0.25) is 5.91 Å². The van der Waals surface area contributed by atoms with Crippen molar-refractivity contribution in [1.82, 2.24) is 9.55 Å². The normalized spacial score (nSPS) is 13.5. The number of primary amides is 1. The number of amides is 1. The summed E-state index contributed by atoms with van der Waals surface area (Å²) in [6.07, 6.45) is 5.67. The molecular weight excluding hydrogens is 406 g/mol. The standard InChI is InChI=1S/C25H25N3O2S/c26-21(29)13-6-14-28-22(15-17-9-5-8-16-7-1-2-10-18(16)17)27-24-23(25(28)30)19-11-3-4-12-20(19)31-24/h1-2,5,7-10H,3-4,6,11-15H2,(H2,26,29). The van der Waals surface area contributed by atoms with Gasteiger partial charge in [-0.25, -0.2) is 4.98 Å². The maximum atomic E-state index is 13.6. The van der Waals surface area contributed by atoms with Crippen LogP contribution < -0.4 is 11.3 Å². The molecule has 0 saturated heterocycles. The van der Waals surface area contributed by atoms with Gasteiger partial charge >= 0.3 is 0 Å². The molecule has 0 aliphatic heterocycles. The third kappa shape index (κ3) is 3.76. The molecule has 4 aromatic rings. The Balaban J connectivity index is 1.64. The third-order valence-corrected chi connectivity index (χ3v) is 7.37. The molecule has 31 heavy (non-hydrogen) atoms. The molecule has 2 N–H and O–H groups in total. The number of nitrogens with zero attached hydrogens (tertiary/aromatic N) is 2. The highest BCUT2D eigenvalue weighted by Gasteiger charge is 2.22. The molecular formula is C25H25N3O2S. The fourth-order valence-corrected chi connectivity index (χ4v) is 5.95. The number of nitrogens with two attached hydrogens (primary N) is 1. The second-order valence-electron chi connectivity index (χ2n) is 8.26. The van der Waals surface area contributed by atoms with Crippen molar-refractivity contribution in [2.24, 2.45) is 5.73 Å². The summed E-state index contributed by atoms with van der Waals surface area (Å²) in [6, 6.07) is 14.5. The van der Waals surface area contributed by atoms with Gasteiger partial charge in [0, 0.05) is 24.3 Å². The molecule has 2 aromatic heterocycles. The van der Waals surface area contributed by atoms with Crippen LogP contribution in [-0.2, 0) is 30.6 Å². The molecule has 0 saturated carbocycles. The second kappa shape index (κ2) is 8.27. The molecule has 6 heteroatoms. The van der Waals surface area contributed by atoms with E-state index in [9.17, 15) is 9.59 Å². The van der Waals surface area contributed by atoms with Gasteiger partial charge < -0.3 is 5.73 Å². The van der Waals surface area contributed by atoms with Gasteiger partial charge in [-0.3, -0.25) is 14.2 Å². The number of fused-ring (bicyclic) bond motifs is 4. The van der Waals surface area contributed by atoms with Crippen LogP contribution in [0.3, 0.4) is 0 Å². The van der Waals surface area contributed by atoms with Gasteiger partial charge in [0.05, 0.1) is 5.39 Å². The first-order valence-electron chi connectivity index (χ1n) is 10.9. The van der Waals surface area contributed by atoms with Crippen LogP contribution in [0.5, 0.6) is 0 Å². The van der Waals surface area contributed by atoms with Crippen molar-refractivity contribution in [1.29, 1.82) is 0 Å². The Hall–Kier alpha value is -2.99. The summed E-state index contributed by atoms with van der Waals surface area (Å²) in [5.74, 6) is 0.419. The minimum absolute atomic E-state index is 0.0316. The van der Waals surface area contributed by atoms with E-state index in [1.165, 1.54) is 27.6 Å². The number of aryl methyl sites for hydroxylation is 2. The maximum Gasteiger partial charge on any atom is 0.262 e. The predicted octanol–water partition coefficient (Wildman–Crippen LogP) is 4.35. The van der Waals surface area contributed by atoms with E-state index in [0.29, 0.717) is 19.4 Å². The van der Waals surface area contributed by atoms with E-state index >= 15 is 0 Å². The van der Waals surface area contributed by atoms with Gasteiger partial charge in [0.25, 0.3) is 5.56 Å². The van der Waals surface area contributed by atoms with Crippen LogP contribution in [0.15, 0.2) is 47.3 Å². The molecule has 2 aromatic carbocycles. The zero-order valence-corrected chi connectivity index (χ0v) is 18.2. The molecule has 0 atom stereocenters. The number of carbonyl (C=O) groups is 1. The van der Waals surface area contributed by atoms with E-state index in [4.69, 9.17) is 10.7 Å². The minimum atomic E-state index is -0.342. The fourth-order valence-electron chi connectivity index (χ4n) is 4.67. The van der Waals surface area contributed by atoms with E-state index in [0.717, 1.165) is 40.9 Å². The van der Waals surface area contributed by atoms with Gasteiger partial charge in [-0.2, -0.15) is 0 Å². The lowest BCUT2D eigenvalue weighted by atomic mass is 9.97. The first-order chi connectivity index (χ1) is 15.1. The molecule has 5 nitrogen and oxygen atoms in total. The smallest absolute Gasteiger partial charge is 0.262 e. The summed E-state index contributed by atoms with van der Waals surface area (Å²) in [5.41, 5.74) is 7.72. The second-order valence-corrected chi connectivity index (χ2v) is 9.34.